The van der Waals surface area contributed by atoms with Gasteiger partial charge in [-0.1, -0.05) is 37.1 Å². The van der Waals surface area contributed by atoms with E-state index >= 15 is 0 Å². The first-order valence-electron chi connectivity index (χ1n) is 8.38. The number of aliphatic carboxylic acids is 1. The molecule has 2 N–H and O–H groups in total. The molecule has 1 amide bonds. The van der Waals surface area contributed by atoms with Crippen molar-refractivity contribution in [2.45, 2.75) is 37.5 Å². The number of carboxylic acids is 1. The van der Waals surface area contributed by atoms with Gasteiger partial charge in [-0.2, -0.15) is 0 Å². The van der Waals surface area contributed by atoms with Crippen LogP contribution in [0, 0.1) is 5.82 Å². The molecule has 0 saturated heterocycles. The van der Waals surface area contributed by atoms with Gasteiger partial charge in [0.15, 0.2) is 0 Å². The maximum Gasteiger partial charge on any atom is 0.307 e. The van der Waals surface area contributed by atoms with Crippen LogP contribution in [0.3, 0.4) is 0 Å². The van der Waals surface area contributed by atoms with Crippen molar-refractivity contribution in [3.05, 3.63) is 65.5 Å². The van der Waals surface area contributed by atoms with Gasteiger partial charge in [-0.25, -0.2) is 4.39 Å². The van der Waals surface area contributed by atoms with Crippen LogP contribution in [0.5, 0.6) is 0 Å². The third-order valence-corrected chi connectivity index (χ3v) is 4.81. The second-order valence-corrected chi connectivity index (χ2v) is 6.52. The Morgan fingerprint density at radius 1 is 1.08 bits per heavy atom. The zero-order chi connectivity index (χ0) is 17.9. The number of carboxylic acid groups (broad SMARTS) is 1. The van der Waals surface area contributed by atoms with E-state index in [0.717, 1.165) is 12.8 Å². The molecule has 3 rings (SSSR count). The summed E-state index contributed by atoms with van der Waals surface area (Å²) < 4.78 is 13.7. The number of hydrogen-bond donors (Lipinski definition) is 2. The molecule has 1 aliphatic rings. The van der Waals surface area contributed by atoms with Gasteiger partial charge >= 0.3 is 5.97 Å². The topological polar surface area (TPSA) is 66.4 Å². The Bertz CT molecular complexity index is 797. The third-order valence-electron chi connectivity index (χ3n) is 4.81. The number of anilines is 1. The lowest BCUT2D eigenvalue weighted by atomic mass is 9.78. The van der Waals surface area contributed by atoms with Crippen LogP contribution in [-0.2, 0) is 21.4 Å². The van der Waals surface area contributed by atoms with Crippen molar-refractivity contribution in [2.24, 2.45) is 0 Å². The summed E-state index contributed by atoms with van der Waals surface area (Å²) in [6.45, 7) is 0. The molecule has 0 heterocycles. The lowest BCUT2D eigenvalue weighted by Gasteiger charge is -2.28. The van der Waals surface area contributed by atoms with Gasteiger partial charge in [0.25, 0.3) is 0 Å². The maximum atomic E-state index is 13.7. The Hall–Kier alpha value is -2.69. The van der Waals surface area contributed by atoms with Gasteiger partial charge in [0.05, 0.1) is 11.8 Å². The summed E-state index contributed by atoms with van der Waals surface area (Å²) in [4.78, 5) is 23.9. The standard InChI is InChI=1S/C20H20FNO3/c21-16-7-4-6-15(13-16)20(9-1-2-10-20)19(25)22-17-8-3-5-14(11-17)12-18(23)24/h3-8,11,13H,1-2,9-10,12H2,(H,22,25)(H,23,24). The highest BCUT2D eigenvalue weighted by molar-refractivity contribution is 5.99. The lowest BCUT2D eigenvalue weighted by molar-refractivity contribution is -0.136. The molecule has 2 aromatic carbocycles. The van der Waals surface area contributed by atoms with E-state index < -0.39 is 11.4 Å². The molecule has 4 nitrogen and oxygen atoms in total. The highest BCUT2D eigenvalue weighted by Gasteiger charge is 2.42. The molecule has 25 heavy (non-hydrogen) atoms. The molecule has 130 valence electrons. The van der Waals surface area contributed by atoms with Crippen LogP contribution < -0.4 is 5.32 Å². The van der Waals surface area contributed by atoms with Crippen molar-refractivity contribution < 1.29 is 19.1 Å². The van der Waals surface area contributed by atoms with Crippen LogP contribution in [0.2, 0.25) is 0 Å². The number of halogens is 1. The van der Waals surface area contributed by atoms with Gasteiger partial charge in [0, 0.05) is 5.69 Å². The Morgan fingerprint density at radius 3 is 2.48 bits per heavy atom. The minimum absolute atomic E-state index is 0.0985. The number of benzene rings is 2. The first-order chi connectivity index (χ1) is 12.0. The van der Waals surface area contributed by atoms with Gasteiger partial charge in [-0.15, -0.1) is 0 Å². The SMILES string of the molecule is O=C(O)Cc1cccc(NC(=O)C2(c3cccc(F)c3)CCCC2)c1. The van der Waals surface area contributed by atoms with Crippen LogP contribution in [0.25, 0.3) is 0 Å². The zero-order valence-electron chi connectivity index (χ0n) is 13.8. The molecule has 0 aliphatic heterocycles. The van der Waals surface area contributed by atoms with Gasteiger partial charge in [0.1, 0.15) is 5.82 Å². The van der Waals surface area contributed by atoms with Crippen LogP contribution in [0.4, 0.5) is 10.1 Å². The number of carbonyl (C=O) groups excluding carboxylic acids is 1. The molecule has 5 heteroatoms. The second kappa shape index (κ2) is 7.05. The van der Waals surface area contributed by atoms with E-state index in [9.17, 15) is 14.0 Å². The number of hydrogen-bond acceptors (Lipinski definition) is 2. The molecule has 1 saturated carbocycles. The molecular weight excluding hydrogens is 321 g/mol. The molecule has 0 spiro atoms. The van der Waals surface area contributed by atoms with E-state index in [-0.39, 0.29) is 18.1 Å². The first-order valence-corrected chi connectivity index (χ1v) is 8.38. The van der Waals surface area contributed by atoms with Gasteiger partial charge in [-0.05, 0) is 48.2 Å². The zero-order valence-corrected chi connectivity index (χ0v) is 13.8. The third kappa shape index (κ3) is 3.71. The predicted molar refractivity (Wildman–Crippen MR) is 93.0 cm³/mol. The van der Waals surface area contributed by atoms with Gasteiger partial charge < -0.3 is 10.4 Å². The minimum Gasteiger partial charge on any atom is -0.481 e. The summed E-state index contributed by atoms with van der Waals surface area (Å²) in [5.41, 5.74) is 1.15. The lowest BCUT2D eigenvalue weighted by Crippen LogP contribution is -2.38. The molecular formula is C20H20FNO3. The highest BCUT2D eigenvalue weighted by Crippen LogP contribution is 2.42. The summed E-state index contributed by atoms with van der Waals surface area (Å²) in [5.74, 6) is -1.43. The van der Waals surface area contributed by atoms with E-state index in [0.29, 0.717) is 29.7 Å². The maximum absolute atomic E-state index is 13.7. The number of nitrogens with one attached hydrogen (secondary N) is 1. The van der Waals surface area contributed by atoms with Gasteiger partial charge in [0.2, 0.25) is 5.91 Å². The van der Waals surface area contributed by atoms with Crippen LogP contribution in [0.15, 0.2) is 48.5 Å². The number of amides is 1. The molecule has 0 atom stereocenters. The number of rotatable bonds is 5. The molecule has 0 unspecified atom stereocenters. The van der Waals surface area contributed by atoms with E-state index in [1.807, 2.05) is 0 Å². The van der Waals surface area contributed by atoms with E-state index in [1.165, 1.54) is 12.1 Å². The summed E-state index contributed by atoms with van der Waals surface area (Å²) in [6.07, 6.45) is 3.10. The fourth-order valence-electron chi connectivity index (χ4n) is 3.60. The largest absolute Gasteiger partial charge is 0.481 e. The Kier molecular flexibility index (Phi) is 4.83. The second-order valence-electron chi connectivity index (χ2n) is 6.52. The van der Waals surface area contributed by atoms with E-state index in [1.54, 1.807) is 36.4 Å². The molecule has 2 aromatic rings. The summed E-state index contributed by atoms with van der Waals surface area (Å²) in [7, 11) is 0. The summed E-state index contributed by atoms with van der Waals surface area (Å²) in [6, 6.07) is 13.1. The fourth-order valence-corrected chi connectivity index (χ4v) is 3.60. The Balaban J connectivity index is 1.86. The smallest absolute Gasteiger partial charge is 0.307 e. The van der Waals surface area contributed by atoms with Crippen LogP contribution in [0.1, 0.15) is 36.8 Å². The number of carbonyl (C=O) groups is 2. The van der Waals surface area contributed by atoms with Crippen LogP contribution in [-0.4, -0.2) is 17.0 Å². The van der Waals surface area contributed by atoms with Crippen molar-refractivity contribution in [2.75, 3.05) is 5.32 Å². The Morgan fingerprint density at radius 2 is 1.80 bits per heavy atom. The van der Waals surface area contributed by atoms with Crippen molar-refractivity contribution in [1.29, 1.82) is 0 Å². The van der Waals surface area contributed by atoms with Crippen molar-refractivity contribution in [3.8, 4) is 0 Å². The highest BCUT2D eigenvalue weighted by atomic mass is 19.1. The van der Waals surface area contributed by atoms with E-state index in [2.05, 4.69) is 5.32 Å². The summed E-state index contributed by atoms with van der Waals surface area (Å²) in [5, 5.41) is 11.8. The molecule has 0 aromatic heterocycles. The minimum atomic E-state index is -0.921. The molecule has 1 aliphatic carbocycles. The first kappa shape index (κ1) is 17.1. The monoisotopic (exact) mass is 341 g/mol. The molecule has 1 fully saturated rings. The van der Waals surface area contributed by atoms with Crippen LogP contribution >= 0.6 is 0 Å². The fraction of sp³-hybridized carbons (Fsp3) is 0.300. The summed E-state index contributed by atoms with van der Waals surface area (Å²) >= 11 is 0. The molecule has 0 radical (unpaired) electrons. The predicted octanol–water partition coefficient (Wildman–Crippen LogP) is 3.90. The normalized spacial score (nSPS) is 15.7. The van der Waals surface area contributed by atoms with Crippen molar-refractivity contribution in [3.63, 3.8) is 0 Å². The Labute approximate surface area is 145 Å². The van der Waals surface area contributed by atoms with Gasteiger partial charge in [-0.3, -0.25) is 9.59 Å². The quantitative estimate of drug-likeness (QED) is 0.867. The van der Waals surface area contributed by atoms with Crippen molar-refractivity contribution >= 4 is 17.6 Å². The average Bonchev–Trinajstić information content (AvgIpc) is 3.05. The average molecular weight is 341 g/mol. The van der Waals surface area contributed by atoms with E-state index in [4.69, 9.17) is 5.11 Å². The molecule has 0 bridgehead atoms. The van der Waals surface area contributed by atoms with Crippen molar-refractivity contribution in [1.82, 2.24) is 0 Å².